The Balaban J connectivity index is 1.91. The van der Waals surface area contributed by atoms with Gasteiger partial charge in [-0.05, 0) is 25.7 Å². The van der Waals surface area contributed by atoms with Crippen LogP contribution < -0.4 is 0 Å². The summed E-state index contributed by atoms with van der Waals surface area (Å²) in [7, 11) is 0. The molecule has 0 bridgehead atoms. The summed E-state index contributed by atoms with van der Waals surface area (Å²) >= 11 is 0. The molecule has 0 radical (unpaired) electrons. The molecule has 2 saturated carbocycles. The van der Waals surface area contributed by atoms with Gasteiger partial charge in [-0.3, -0.25) is 0 Å². The molecule has 4 N–H and O–H groups in total. The first-order valence-corrected chi connectivity index (χ1v) is 5.63. The van der Waals surface area contributed by atoms with Crippen LogP contribution in [-0.4, -0.2) is 56.4 Å². The van der Waals surface area contributed by atoms with E-state index in [1.54, 1.807) is 0 Å². The second kappa shape index (κ2) is 3.16. The zero-order valence-corrected chi connectivity index (χ0v) is 8.74. The van der Waals surface area contributed by atoms with E-state index in [1.807, 2.05) is 0 Å². The summed E-state index contributed by atoms with van der Waals surface area (Å²) in [6.07, 6.45) is -2.04. The molecule has 1 heterocycles. The number of ether oxygens (including phenoxy) is 2. The van der Waals surface area contributed by atoms with Crippen molar-refractivity contribution >= 4 is 0 Å². The van der Waals surface area contributed by atoms with Crippen LogP contribution >= 0.6 is 0 Å². The lowest BCUT2D eigenvalue weighted by Gasteiger charge is -2.47. The predicted molar refractivity (Wildman–Crippen MR) is 50.1 cm³/mol. The van der Waals surface area contributed by atoms with E-state index < -0.39 is 36.0 Å². The molecular formula is C10H16O6. The third kappa shape index (κ3) is 1.17. The minimum Gasteiger partial charge on any atom is -0.387 e. The highest BCUT2D eigenvalue weighted by atomic mass is 16.8. The Kier molecular flexibility index (Phi) is 2.15. The standard InChI is InChI=1S/C10H16O6/c11-5-1-3-7-9(5,13)16-8-4-2-6(12)10(8,14)15-7/h5-8,11-14H,1-4H2/t5-,6-,7-,8-,9-,10-/m0/s1. The first-order chi connectivity index (χ1) is 7.47. The molecule has 3 rings (SSSR count). The van der Waals surface area contributed by atoms with Crippen LogP contribution in [-0.2, 0) is 9.47 Å². The fraction of sp³-hybridized carbons (Fsp3) is 1.00. The number of aliphatic hydroxyl groups is 4. The molecule has 0 aromatic carbocycles. The molecule has 0 amide bonds. The molecular weight excluding hydrogens is 216 g/mol. The average molecular weight is 232 g/mol. The second-order valence-corrected chi connectivity index (χ2v) is 4.90. The molecule has 16 heavy (non-hydrogen) atoms. The van der Waals surface area contributed by atoms with Crippen molar-refractivity contribution in [2.24, 2.45) is 0 Å². The number of fused-ring (bicyclic) bond motifs is 2. The topological polar surface area (TPSA) is 99.4 Å². The van der Waals surface area contributed by atoms with Crippen LogP contribution in [0.15, 0.2) is 0 Å². The third-order valence-corrected chi connectivity index (χ3v) is 3.94. The van der Waals surface area contributed by atoms with Crippen molar-refractivity contribution in [1.29, 1.82) is 0 Å². The first kappa shape index (κ1) is 10.9. The zero-order valence-electron chi connectivity index (χ0n) is 8.74. The summed E-state index contributed by atoms with van der Waals surface area (Å²) < 4.78 is 10.8. The van der Waals surface area contributed by atoms with Crippen molar-refractivity contribution in [3.8, 4) is 0 Å². The zero-order chi connectivity index (χ0) is 11.6. The summed E-state index contributed by atoms with van der Waals surface area (Å²) in [5.74, 6) is -3.47. The van der Waals surface area contributed by atoms with Crippen LogP contribution in [0.5, 0.6) is 0 Å². The lowest BCUT2D eigenvalue weighted by atomic mass is 10.0. The second-order valence-electron chi connectivity index (χ2n) is 4.90. The number of hydrogen-bond acceptors (Lipinski definition) is 6. The van der Waals surface area contributed by atoms with Crippen LogP contribution in [0.4, 0.5) is 0 Å². The highest BCUT2D eigenvalue weighted by Crippen LogP contribution is 2.48. The Morgan fingerprint density at radius 2 is 1.12 bits per heavy atom. The van der Waals surface area contributed by atoms with Gasteiger partial charge < -0.3 is 29.9 Å². The highest BCUT2D eigenvalue weighted by Gasteiger charge is 2.65. The predicted octanol–water partition coefficient (Wildman–Crippen LogP) is -1.54. The van der Waals surface area contributed by atoms with E-state index in [2.05, 4.69) is 0 Å². The van der Waals surface area contributed by atoms with Gasteiger partial charge in [0.2, 0.25) is 11.6 Å². The lowest BCUT2D eigenvalue weighted by molar-refractivity contribution is -0.431. The molecule has 1 saturated heterocycles. The monoisotopic (exact) mass is 232 g/mol. The molecule has 92 valence electrons. The molecule has 6 nitrogen and oxygen atoms in total. The van der Waals surface area contributed by atoms with Gasteiger partial charge >= 0.3 is 0 Å². The summed E-state index contributed by atoms with van der Waals surface area (Å²) in [6, 6.07) is 0. The minimum absolute atomic E-state index is 0.361. The summed E-state index contributed by atoms with van der Waals surface area (Å²) in [5.41, 5.74) is 0. The van der Waals surface area contributed by atoms with Crippen LogP contribution in [0.1, 0.15) is 25.7 Å². The van der Waals surface area contributed by atoms with Crippen molar-refractivity contribution in [3.05, 3.63) is 0 Å². The fourth-order valence-electron chi connectivity index (χ4n) is 2.93. The van der Waals surface area contributed by atoms with Gasteiger partial charge in [0.05, 0.1) is 0 Å². The summed E-state index contributed by atoms with van der Waals surface area (Å²) in [4.78, 5) is 0. The van der Waals surface area contributed by atoms with E-state index in [0.29, 0.717) is 25.7 Å². The van der Waals surface area contributed by atoms with E-state index >= 15 is 0 Å². The van der Waals surface area contributed by atoms with Crippen LogP contribution in [0.2, 0.25) is 0 Å². The van der Waals surface area contributed by atoms with Gasteiger partial charge in [0.25, 0.3) is 0 Å². The Hall–Kier alpha value is -0.240. The Morgan fingerprint density at radius 3 is 1.50 bits per heavy atom. The SMILES string of the molecule is O[C@H]1CC[C@@H]2O[C@]3(O)[C@H](CC[C@@H]3O)O[C@]21O. The van der Waals surface area contributed by atoms with E-state index in [-0.39, 0.29) is 0 Å². The molecule has 0 aromatic heterocycles. The maximum absolute atomic E-state index is 10.1. The molecule has 3 fully saturated rings. The van der Waals surface area contributed by atoms with Gasteiger partial charge in [-0.2, -0.15) is 0 Å². The van der Waals surface area contributed by atoms with Crippen LogP contribution in [0.3, 0.4) is 0 Å². The number of aliphatic hydroxyl groups excluding tert-OH is 2. The molecule has 6 atom stereocenters. The number of hydrogen-bond donors (Lipinski definition) is 4. The average Bonchev–Trinajstić information content (AvgIpc) is 2.66. The first-order valence-electron chi connectivity index (χ1n) is 5.63. The van der Waals surface area contributed by atoms with Crippen molar-refractivity contribution in [1.82, 2.24) is 0 Å². The molecule has 3 aliphatic rings. The summed E-state index contributed by atoms with van der Waals surface area (Å²) in [5, 5.41) is 39.6. The normalized spacial score (nSPS) is 60.8. The maximum Gasteiger partial charge on any atom is 0.219 e. The minimum atomic E-state index is -1.74. The van der Waals surface area contributed by atoms with Crippen molar-refractivity contribution in [3.63, 3.8) is 0 Å². The van der Waals surface area contributed by atoms with Gasteiger partial charge in [-0.1, -0.05) is 0 Å². The highest BCUT2D eigenvalue weighted by molar-refractivity contribution is 5.05. The lowest BCUT2D eigenvalue weighted by Crippen LogP contribution is -2.65. The Morgan fingerprint density at radius 1 is 0.750 bits per heavy atom. The van der Waals surface area contributed by atoms with Crippen LogP contribution in [0, 0.1) is 0 Å². The van der Waals surface area contributed by atoms with Gasteiger partial charge in [-0.15, -0.1) is 0 Å². The molecule has 6 heteroatoms. The van der Waals surface area contributed by atoms with E-state index in [1.165, 1.54) is 0 Å². The fourth-order valence-corrected chi connectivity index (χ4v) is 2.93. The van der Waals surface area contributed by atoms with E-state index in [0.717, 1.165) is 0 Å². The van der Waals surface area contributed by atoms with Gasteiger partial charge in [0.15, 0.2) is 0 Å². The van der Waals surface area contributed by atoms with Gasteiger partial charge in [0.1, 0.15) is 24.4 Å². The number of rotatable bonds is 0. The quantitative estimate of drug-likeness (QED) is 0.404. The molecule has 0 unspecified atom stereocenters. The van der Waals surface area contributed by atoms with Gasteiger partial charge in [0, 0.05) is 0 Å². The van der Waals surface area contributed by atoms with Gasteiger partial charge in [-0.25, -0.2) is 0 Å². The molecule has 2 aliphatic carbocycles. The molecule has 0 spiro atoms. The summed E-state index contributed by atoms with van der Waals surface area (Å²) in [6.45, 7) is 0. The molecule has 1 aliphatic heterocycles. The molecule has 0 aromatic rings. The van der Waals surface area contributed by atoms with Crippen molar-refractivity contribution in [2.45, 2.75) is 61.7 Å². The van der Waals surface area contributed by atoms with E-state index in [9.17, 15) is 20.4 Å². The Labute approximate surface area is 92.4 Å². The smallest absolute Gasteiger partial charge is 0.219 e. The van der Waals surface area contributed by atoms with Crippen molar-refractivity contribution in [2.75, 3.05) is 0 Å². The Bertz CT molecular complexity index is 280. The van der Waals surface area contributed by atoms with Crippen molar-refractivity contribution < 1.29 is 29.9 Å². The van der Waals surface area contributed by atoms with E-state index in [4.69, 9.17) is 9.47 Å². The third-order valence-electron chi connectivity index (χ3n) is 3.94. The van der Waals surface area contributed by atoms with Crippen LogP contribution in [0.25, 0.3) is 0 Å². The maximum atomic E-state index is 10.1. The largest absolute Gasteiger partial charge is 0.387 e.